The molecule has 3 heterocycles. The zero-order chi connectivity index (χ0) is 23.0. The number of carbonyl (C=O) groups excluding carboxylic acids is 2. The fourth-order valence-electron chi connectivity index (χ4n) is 2.64. The van der Waals surface area contributed by atoms with Crippen LogP contribution in [0.2, 0.25) is 0 Å². The molecule has 0 spiro atoms. The average molecular weight is 460 g/mol. The number of anilines is 1. The Kier molecular flexibility index (Phi) is 5.81. The second kappa shape index (κ2) is 8.06. The fourth-order valence-corrected chi connectivity index (χ4v) is 3.40. The normalized spacial score (nSPS) is 12.0. The molecule has 13 heteroatoms. The van der Waals surface area contributed by atoms with Gasteiger partial charge in [0.2, 0.25) is 0 Å². The molecule has 0 unspecified atom stereocenters. The van der Waals surface area contributed by atoms with E-state index in [1.165, 1.54) is 13.1 Å². The molecule has 162 valence electrons. The molecular weight excluding hydrogens is 450 g/mol. The van der Waals surface area contributed by atoms with Gasteiger partial charge in [-0.2, -0.15) is 30.7 Å². The number of amides is 2. The molecule has 0 aliphatic heterocycles. The highest BCUT2D eigenvalue weighted by Gasteiger charge is 2.41. The number of nitrogens with zero attached hydrogens (tertiary/aromatic N) is 4. The van der Waals surface area contributed by atoms with Gasteiger partial charge in [0, 0.05) is 36.5 Å². The van der Waals surface area contributed by atoms with E-state index in [-0.39, 0.29) is 15.5 Å². The van der Waals surface area contributed by atoms with E-state index in [1.807, 2.05) is 0 Å². The van der Waals surface area contributed by atoms with Crippen molar-refractivity contribution in [3.05, 3.63) is 70.9 Å². The largest absolute Gasteiger partial charge is 0.417 e. The zero-order valence-electron chi connectivity index (χ0n) is 15.3. The van der Waals surface area contributed by atoms with Gasteiger partial charge in [-0.1, -0.05) is 0 Å². The number of aromatic nitrogens is 3. The van der Waals surface area contributed by atoms with Crippen LogP contribution < -0.4 is 4.90 Å². The molecule has 0 saturated heterocycles. The Bertz CT molecular complexity index is 1070. The number of pyridine rings is 2. The fraction of sp³-hybridized carbons (Fsp3) is 0.167. The molecular formula is C18H10F6N4O2S. The molecule has 0 atom stereocenters. The number of halogens is 6. The summed E-state index contributed by atoms with van der Waals surface area (Å²) in [6, 6.07) is 1.06. The summed E-state index contributed by atoms with van der Waals surface area (Å²) in [7, 11) is 0. The van der Waals surface area contributed by atoms with Gasteiger partial charge in [0.25, 0.3) is 11.8 Å². The first-order valence-corrected chi connectivity index (χ1v) is 9.02. The summed E-state index contributed by atoms with van der Waals surface area (Å²) >= 11 is 0.561. The number of carbonyl (C=O) groups is 2. The molecule has 0 saturated carbocycles. The molecule has 0 radical (unpaired) electrons. The van der Waals surface area contributed by atoms with Gasteiger partial charge in [-0.3, -0.25) is 19.6 Å². The summed E-state index contributed by atoms with van der Waals surface area (Å²) in [6.45, 7) is 1.40. The van der Waals surface area contributed by atoms with Crippen molar-refractivity contribution in [2.75, 3.05) is 4.90 Å². The van der Waals surface area contributed by atoms with Crippen LogP contribution in [0.4, 0.5) is 31.3 Å². The van der Waals surface area contributed by atoms with E-state index in [2.05, 4.69) is 14.3 Å². The third kappa shape index (κ3) is 4.40. The van der Waals surface area contributed by atoms with Crippen LogP contribution in [0.25, 0.3) is 0 Å². The monoisotopic (exact) mass is 460 g/mol. The number of imide groups is 1. The van der Waals surface area contributed by atoms with Gasteiger partial charge in [-0.15, -0.1) is 0 Å². The van der Waals surface area contributed by atoms with E-state index in [1.54, 1.807) is 0 Å². The molecule has 0 fully saturated rings. The quantitative estimate of drug-likeness (QED) is 0.416. The first-order chi connectivity index (χ1) is 14.4. The number of rotatable bonds is 3. The molecule has 2 amide bonds. The summed E-state index contributed by atoms with van der Waals surface area (Å²) in [5.41, 5.74) is -4.60. The Morgan fingerprint density at radius 3 is 1.65 bits per heavy atom. The second-order valence-electron chi connectivity index (χ2n) is 6.10. The van der Waals surface area contributed by atoms with E-state index < -0.39 is 46.4 Å². The number of aryl methyl sites for hydroxylation is 1. The predicted molar refractivity (Wildman–Crippen MR) is 96.5 cm³/mol. The standard InChI is InChI=1S/C18H10F6N4O2S/c1-9-6-27-31-16(9)28(14(29)10-7-25-4-2-12(10)17(19,20)21)15(30)11-8-26-5-3-13(11)18(22,23)24/h2-8H,1H3. The lowest BCUT2D eigenvalue weighted by Crippen LogP contribution is -2.39. The highest BCUT2D eigenvalue weighted by Crippen LogP contribution is 2.36. The SMILES string of the molecule is Cc1cnsc1N(C(=O)c1cnccc1C(F)(F)F)C(=O)c1cnccc1C(F)(F)F. The Morgan fingerprint density at radius 2 is 1.29 bits per heavy atom. The number of alkyl halides is 6. The molecule has 0 bridgehead atoms. The van der Waals surface area contributed by atoms with Crippen LogP contribution in [0.1, 0.15) is 37.4 Å². The third-order valence-electron chi connectivity index (χ3n) is 4.05. The van der Waals surface area contributed by atoms with Crippen molar-refractivity contribution in [2.24, 2.45) is 0 Å². The van der Waals surface area contributed by atoms with Crippen molar-refractivity contribution < 1.29 is 35.9 Å². The molecule has 3 aromatic rings. The molecule has 0 aliphatic carbocycles. The van der Waals surface area contributed by atoms with Gasteiger partial charge in [-0.05, 0) is 30.6 Å². The van der Waals surface area contributed by atoms with Crippen molar-refractivity contribution >= 4 is 28.3 Å². The number of hydrogen-bond donors (Lipinski definition) is 0. The maximum Gasteiger partial charge on any atom is 0.417 e. The summed E-state index contributed by atoms with van der Waals surface area (Å²) in [5.74, 6) is -3.01. The minimum Gasteiger partial charge on any atom is -0.268 e. The first kappa shape index (κ1) is 22.3. The summed E-state index contributed by atoms with van der Waals surface area (Å²) in [6.07, 6.45) is -5.95. The van der Waals surface area contributed by atoms with Gasteiger partial charge >= 0.3 is 12.4 Å². The molecule has 3 aromatic heterocycles. The van der Waals surface area contributed by atoms with Gasteiger partial charge in [0.15, 0.2) is 0 Å². The Morgan fingerprint density at radius 1 is 0.839 bits per heavy atom. The zero-order valence-corrected chi connectivity index (χ0v) is 16.1. The van der Waals surface area contributed by atoms with E-state index >= 15 is 0 Å². The lowest BCUT2D eigenvalue weighted by Gasteiger charge is -2.23. The first-order valence-electron chi connectivity index (χ1n) is 8.25. The van der Waals surface area contributed by atoms with Crippen molar-refractivity contribution in [2.45, 2.75) is 19.3 Å². The van der Waals surface area contributed by atoms with Gasteiger partial charge in [-0.25, -0.2) is 4.90 Å². The van der Waals surface area contributed by atoms with Gasteiger partial charge < -0.3 is 0 Å². The van der Waals surface area contributed by atoms with Crippen molar-refractivity contribution in [3.63, 3.8) is 0 Å². The van der Waals surface area contributed by atoms with Crippen LogP contribution >= 0.6 is 11.5 Å². The molecule has 6 nitrogen and oxygen atoms in total. The highest BCUT2D eigenvalue weighted by molar-refractivity contribution is 7.10. The average Bonchev–Trinajstić information content (AvgIpc) is 3.12. The lowest BCUT2D eigenvalue weighted by molar-refractivity contribution is -0.138. The maximum atomic E-state index is 13.4. The van der Waals surface area contributed by atoms with E-state index in [0.717, 1.165) is 12.4 Å². The van der Waals surface area contributed by atoms with Crippen molar-refractivity contribution in [1.29, 1.82) is 0 Å². The van der Waals surface area contributed by atoms with E-state index in [4.69, 9.17) is 0 Å². The lowest BCUT2D eigenvalue weighted by atomic mass is 10.1. The van der Waals surface area contributed by atoms with Crippen LogP contribution in [0.3, 0.4) is 0 Å². The van der Waals surface area contributed by atoms with Crippen LogP contribution in [-0.4, -0.2) is 26.2 Å². The maximum absolute atomic E-state index is 13.4. The summed E-state index contributed by atoms with van der Waals surface area (Å²) < 4.78 is 84.1. The molecule has 31 heavy (non-hydrogen) atoms. The third-order valence-corrected chi connectivity index (χ3v) is 4.93. The van der Waals surface area contributed by atoms with Crippen LogP contribution in [0, 0.1) is 6.92 Å². The topological polar surface area (TPSA) is 76.1 Å². The van der Waals surface area contributed by atoms with Gasteiger partial charge in [0.05, 0.1) is 22.3 Å². The smallest absolute Gasteiger partial charge is 0.268 e. The van der Waals surface area contributed by atoms with E-state index in [0.29, 0.717) is 36.1 Å². The molecule has 0 aliphatic rings. The molecule has 0 aromatic carbocycles. The molecule has 0 N–H and O–H groups in total. The van der Waals surface area contributed by atoms with Crippen LogP contribution in [-0.2, 0) is 12.4 Å². The Balaban J connectivity index is 2.21. The van der Waals surface area contributed by atoms with Gasteiger partial charge in [0.1, 0.15) is 5.00 Å². The van der Waals surface area contributed by atoms with Crippen LogP contribution in [0.5, 0.6) is 0 Å². The van der Waals surface area contributed by atoms with Crippen LogP contribution in [0.15, 0.2) is 43.1 Å². The summed E-state index contributed by atoms with van der Waals surface area (Å²) in [4.78, 5) is 33.4. The second-order valence-corrected chi connectivity index (χ2v) is 6.88. The minimum absolute atomic E-state index is 0.196. The Labute approximate surface area is 174 Å². The molecule has 3 rings (SSSR count). The van der Waals surface area contributed by atoms with Crippen molar-refractivity contribution in [3.8, 4) is 0 Å². The minimum atomic E-state index is -4.98. The van der Waals surface area contributed by atoms with E-state index in [9.17, 15) is 35.9 Å². The highest BCUT2D eigenvalue weighted by atomic mass is 32.1. The van der Waals surface area contributed by atoms with Crippen molar-refractivity contribution in [1.82, 2.24) is 14.3 Å². The Hall–Kier alpha value is -3.35. The predicted octanol–water partition coefficient (Wildman–Crippen LogP) is 4.77. The number of hydrogen-bond acceptors (Lipinski definition) is 6. The summed E-state index contributed by atoms with van der Waals surface area (Å²) in [5, 5.41) is -0.232.